The zero-order chi connectivity index (χ0) is 16.6. The highest BCUT2D eigenvalue weighted by molar-refractivity contribution is 5.79. The lowest BCUT2D eigenvalue weighted by molar-refractivity contribution is -0.131. The Morgan fingerprint density at radius 3 is 2.92 bits per heavy atom. The Bertz CT molecular complexity index is 619. The third-order valence-corrected chi connectivity index (χ3v) is 5.89. The summed E-state index contributed by atoms with van der Waals surface area (Å²) in [6.07, 6.45) is 9.17. The number of hydrogen-bond acceptors (Lipinski definition) is 5. The Morgan fingerprint density at radius 1 is 1.25 bits per heavy atom. The van der Waals surface area contributed by atoms with Crippen LogP contribution in [-0.4, -0.2) is 53.1 Å². The number of rotatable bonds is 4. The first-order valence-electron chi connectivity index (χ1n) is 9.12. The van der Waals surface area contributed by atoms with Crippen LogP contribution in [0, 0.1) is 5.92 Å². The summed E-state index contributed by atoms with van der Waals surface area (Å²) in [6.45, 7) is 2.90. The van der Waals surface area contributed by atoms with Crippen molar-refractivity contribution in [2.75, 3.05) is 31.6 Å². The van der Waals surface area contributed by atoms with Gasteiger partial charge in [-0.3, -0.25) is 4.79 Å². The molecule has 24 heavy (non-hydrogen) atoms. The fraction of sp³-hybridized carbons (Fsp3) is 0.722. The van der Waals surface area contributed by atoms with E-state index in [1.54, 1.807) is 13.4 Å². The van der Waals surface area contributed by atoms with Gasteiger partial charge in [0.15, 0.2) is 0 Å². The summed E-state index contributed by atoms with van der Waals surface area (Å²) in [4.78, 5) is 25.5. The lowest BCUT2D eigenvalue weighted by Crippen LogP contribution is -2.47. The zero-order valence-corrected chi connectivity index (χ0v) is 14.4. The Kier molecular flexibility index (Phi) is 4.06. The van der Waals surface area contributed by atoms with E-state index in [9.17, 15) is 4.79 Å². The van der Waals surface area contributed by atoms with Crippen LogP contribution < -0.4 is 9.64 Å². The standard InChI is InChI=1S/C18H26N4O2/c1-24-16-11-15(19-13-20-16)21-9-2-6-18(8-10-21)7-5-17(23)22(18)12-14-3-4-14/h11,13-14H,2-10,12H2,1H3. The molecule has 2 aliphatic heterocycles. The van der Waals surface area contributed by atoms with Gasteiger partial charge in [-0.15, -0.1) is 0 Å². The minimum absolute atomic E-state index is 0.0888. The van der Waals surface area contributed by atoms with Gasteiger partial charge in [0.05, 0.1) is 7.11 Å². The van der Waals surface area contributed by atoms with E-state index in [1.807, 2.05) is 6.07 Å². The summed E-state index contributed by atoms with van der Waals surface area (Å²) in [5.74, 6) is 2.66. The van der Waals surface area contributed by atoms with Crippen LogP contribution in [0.5, 0.6) is 5.88 Å². The Hall–Kier alpha value is -1.85. The second-order valence-corrected chi connectivity index (χ2v) is 7.43. The molecule has 6 heteroatoms. The van der Waals surface area contributed by atoms with Gasteiger partial charge >= 0.3 is 0 Å². The molecule has 3 fully saturated rings. The van der Waals surface area contributed by atoms with E-state index in [0.29, 0.717) is 11.8 Å². The molecule has 1 saturated carbocycles. The molecule has 0 radical (unpaired) electrons. The Labute approximate surface area is 143 Å². The van der Waals surface area contributed by atoms with Gasteiger partial charge < -0.3 is 14.5 Å². The van der Waals surface area contributed by atoms with Crippen LogP contribution in [0.1, 0.15) is 44.9 Å². The third kappa shape index (κ3) is 2.94. The molecule has 1 atom stereocenters. The fourth-order valence-corrected chi connectivity index (χ4v) is 4.27. The topological polar surface area (TPSA) is 58.6 Å². The van der Waals surface area contributed by atoms with Gasteiger partial charge in [-0.1, -0.05) is 0 Å². The van der Waals surface area contributed by atoms with Crippen molar-refractivity contribution in [1.29, 1.82) is 0 Å². The quantitative estimate of drug-likeness (QED) is 0.847. The lowest BCUT2D eigenvalue weighted by atomic mass is 9.87. The third-order valence-electron chi connectivity index (χ3n) is 5.89. The second-order valence-electron chi connectivity index (χ2n) is 7.43. The van der Waals surface area contributed by atoms with E-state index in [-0.39, 0.29) is 5.54 Å². The molecule has 3 aliphatic rings. The van der Waals surface area contributed by atoms with Crippen LogP contribution in [0.3, 0.4) is 0 Å². The lowest BCUT2D eigenvalue weighted by Gasteiger charge is -2.38. The molecule has 4 rings (SSSR count). The number of anilines is 1. The van der Waals surface area contributed by atoms with Crippen LogP contribution in [0.15, 0.2) is 12.4 Å². The van der Waals surface area contributed by atoms with E-state index in [2.05, 4.69) is 19.8 Å². The Balaban J connectivity index is 1.49. The van der Waals surface area contributed by atoms with E-state index >= 15 is 0 Å². The van der Waals surface area contributed by atoms with Crippen LogP contribution in [0.25, 0.3) is 0 Å². The van der Waals surface area contributed by atoms with Crippen molar-refractivity contribution in [1.82, 2.24) is 14.9 Å². The predicted molar refractivity (Wildman–Crippen MR) is 91.1 cm³/mol. The van der Waals surface area contributed by atoms with Gasteiger partial charge in [0.25, 0.3) is 0 Å². The highest BCUT2D eigenvalue weighted by atomic mass is 16.5. The first kappa shape index (κ1) is 15.7. The fourth-order valence-electron chi connectivity index (χ4n) is 4.27. The number of hydrogen-bond donors (Lipinski definition) is 0. The maximum Gasteiger partial charge on any atom is 0.223 e. The average Bonchev–Trinajstić information content (AvgIpc) is 3.40. The second kappa shape index (κ2) is 6.22. The summed E-state index contributed by atoms with van der Waals surface area (Å²) >= 11 is 0. The van der Waals surface area contributed by atoms with E-state index in [1.165, 1.54) is 12.8 Å². The zero-order valence-electron chi connectivity index (χ0n) is 14.4. The molecular weight excluding hydrogens is 304 g/mol. The monoisotopic (exact) mass is 330 g/mol. The largest absolute Gasteiger partial charge is 0.481 e. The molecule has 1 amide bonds. The highest BCUT2D eigenvalue weighted by Gasteiger charge is 2.47. The summed E-state index contributed by atoms with van der Waals surface area (Å²) in [5.41, 5.74) is 0.0888. The van der Waals surface area contributed by atoms with Crippen LogP contribution in [-0.2, 0) is 4.79 Å². The summed E-state index contributed by atoms with van der Waals surface area (Å²) < 4.78 is 5.22. The van der Waals surface area contributed by atoms with E-state index in [0.717, 1.165) is 63.5 Å². The molecule has 130 valence electrons. The summed E-state index contributed by atoms with van der Waals surface area (Å²) in [6, 6.07) is 1.90. The highest BCUT2D eigenvalue weighted by Crippen LogP contribution is 2.42. The molecule has 0 bridgehead atoms. The number of methoxy groups -OCH3 is 1. The van der Waals surface area contributed by atoms with Crippen molar-refractivity contribution in [2.45, 2.75) is 50.5 Å². The average molecular weight is 330 g/mol. The predicted octanol–water partition coefficient (Wildman–Crippen LogP) is 2.25. The summed E-state index contributed by atoms with van der Waals surface area (Å²) in [5, 5.41) is 0. The van der Waals surface area contributed by atoms with Crippen molar-refractivity contribution < 1.29 is 9.53 Å². The maximum atomic E-state index is 12.4. The molecule has 2 saturated heterocycles. The number of nitrogens with zero attached hydrogens (tertiary/aromatic N) is 4. The number of amides is 1. The number of ether oxygens (including phenoxy) is 1. The SMILES string of the molecule is COc1cc(N2CCCC3(CCC(=O)N3CC3CC3)CC2)ncn1. The molecular formula is C18H26N4O2. The number of carbonyl (C=O) groups is 1. The molecule has 1 aromatic heterocycles. The molecule has 1 aliphatic carbocycles. The normalized spacial score (nSPS) is 27.6. The smallest absolute Gasteiger partial charge is 0.223 e. The number of carbonyl (C=O) groups excluding carboxylic acids is 1. The van der Waals surface area contributed by atoms with Crippen molar-refractivity contribution >= 4 is 11.7 Å². The van der Waals surface area contributed by atoms with E-state index < -0.39 is 0 Å². The van der Waals surface area contributed by atoms with Crippen LogP contribution in [0.2, 0.25) is 0 Å². The molecule has 1 unspecified atom stereocenters. The molecule has 6 nitrogen and oxygen atoms in total. The van der Waals surface area contributed by atoms with Gasteiger partial charge in [-0.2, -0.15) is 0 Å². The maximum absolute atomic E-state index is 12.4. The number of aromatic nitrogens is 2. The van der Waals surface area contributed by atoms with Crippen LogP contribution in [0.4, 0.5) is 5.82 Å². The van der Waals surface area contributed by atoms with Crippen LogP contribution >= 0.6 is 0 Å². The molecule has 1 spiro atoms. The van der Waals surface area contributed by atoms with Crippen molar-refractivity contribution in [3.8, 4) is 5.88 Å². The molecule has 0 aromatic carbocycles. The van der Waals surface area contributed by atoms with E-state index in [4.69, 9.17) is 4.74 Å². The van der Waals surface area contributed by atoms with Crippen molar-refractivity contribution in [2.24, 2.45) is 5.92 Å². The van der Waals surface area contributed by atoms with Crippen molar-refractivity contribution in [3.63, 3.8) is 0 Å². The summed E-state index contributed by atoms with van der Waals surface area (Å²) in [7, 11) is 1.63. The van der Waals surface area contributed by atoms with Gasteiger partial charge in [0.1, 0.15) is 12.1 Å². The van der Waals surface area contributed by atoms with Gasteiger partial charge in [0.2, 0.25) is 11.8 Å². The minimum Gasteiger partial charge on any atom is -0.481 e. The minimum atomic E-state index is 0.0888. The van der Waals surface area contributed by atoms with Gasteiger partial charge in [-0.25, -0.2) is 9.97 Å². The first-order valence-corrected chi connectivity index (χ1v) is 9.12. The van der Waals surface area contributed by atoms with Gasteiger partial charge in [0, 0.05) is 37.7 Å². The molecule has 0 N–H and O–H groups in total. The van der Waals surface area contributed by atoms with Gasteiger partial charge in [-0.05, 0) is 44.4 Å². The Morgan fingerprint density at radius 2 is 2.12 bits per heavy atom. The number of likely N-dealkylation sites (tertiary alicyclic amines) is 1. The van der Waals surface area contributed by atoms with Crippen molar-refractivity contribution in [3.05, 3.63) is 12.4 Å². The first-order chi connectivity index (χ1) is 11.7. The molecule has 3 heterocycles. The molecule has 1 aromatic rings.